The predicted octanol–water partition coefficient (Wildman–Crippen LogP) is 3.25. The molecule has 5 nitrogen and oxygen atoms in total. The largest absolute Gasteiger partial charge is 0.377 e. The maximum atomic E-state index is 12.7. The van der Waals surface area contributed by atoms with Gasteiger partial charge in [-0.1, -0.05) is 6.07 Å². The maximum Gasteiger partial charge on any atom is 0.265 e. The van der Waals surface area contributed by atoms with Crippen molar-refractivity contribution in [2.75, 3.05) is 25.1 Å². The Kier molecular flexibility index (Phi) is 4.69. The average Bonchev–Trinajstić information content (AvgIpc) is 3.09. The van der Waals surface area contributed by atoms with Gasteiger partial charge in [-0.3, -0.25) is 9.59 Å². The van der Waals surface area contributed by atoms with Crippen molar-refractivity contribution in [3.8, 4) is 0 Å². The van der Waals surface area contributed by atoms with Gasteiger partial charge in [0.2, 0.25) is 0 Å². The van der Waals surface area contributed by atoms with Crippen molar-refractivity contribution in [1.29, 1.82) is 0 Å². The lowest BCUT2D eigenvalue weighted by atomic mass is 10.0. The second-order valence-electron chi connectivity index (χ2n) is 6.33. The SMILES string of the molecule is CC1(C)COCCN1C(=O)c1ccc(NC(=O)c2cccs2)cc1. The number of hydrogen-bond acceptors (Lipinski definition) is 4. The lowest BCUT2D eigenvalue weighted by Gasteiger charge is -2.42. The minimum Gasteiger partial charge on any atom is -0.377 e. The standard InChI is InChI=1S/C18H20N2O3S/c1-18(2)12-23-10-9-20(18)17(22)13-5-7-14(8-6-13)19-16(21)15-4-3-11-24-15/h3-8,11H,9-10,12H2,1-2H3,(H,19,21). The van der Waals surface area contributed by atoms with E-state index in [9.17, 15) is 9.59 Å². The highest BCUT2D eigenvalue weighted by Crippen LogP contribution is 2.22. The van der Waals surface area contributed by atoms with E-state index in [1.54, 1.807) is 30.3 Å². The summed E-state index contributed by atoms with van der Waals surface area (Å²) in [6, 6.07) is 10.6. The molecule has 1 fully saturated rings. The van der Waals surface area contributed by atoms with E-state index in [-0.39, 0.29) is 17.4 Å². The number of amides is 2. The van der Waals surface area contributed by atoms with Crippen LogP contribution in [0.3, 0.4) is 0 Å². The van der Waals surface area contributed by atoms with Crippen molar-refractivity contribution in [2.45, 2.75) is 19.4 Å². The Bertz CT molecular complexity index is 723. The summed E-state index contributed by atoms with van der Waals surface area (Å²) in [4.78, 5) is 27.3. The van der Waals surface area contributed by atoms with Crippen LogP contribution in [-0.2, 0) is 4.74 Å². The molecule has 1 N–H and O–H groups in total. The zero-order valence-electron chi connectivity index (χ0n) is 13.7. The molecule has 24 heavy (non-hydrogen) atoms. The first-order valence-electron chi connectivity index (χ1n) is 7.82. The van der Waals surface area contributed by atoms with Crippen LogP contribution in [-0.4, -0.2) is 42.0 Å². The first-order valence-corrected chi connectivity index (χ1v) is 8.70. The summed E-state index contributed by atoms with van der Waals surface area (Å²) in [5, 5.41) is 4.69. The van der Waals surface area contributed by atoms with Crippen LogP contribution in [0, 0.1) is 0 Å². The fraction of sp³-hybridized carbons (Fsp3) is 0.333. The molecule has 0 atom stereocenters. The van der Waals surface area contributed by atoms with Gasteiger partial charge >= 0.3 is 0 Å². The van der Waals surface area contributed by atoms with Gasteiger partial charge in [0, 0.05) is 17.8 Å². The normalized spacial score (nSPS) is 16.7. The highest BCUT2D eigenvalue weighted by molar-refractivity contribution is 7.12. The molecule has 2 amide bonds. The second-order valence-corrected chi connectivity index (χ2v) is 7.28. The molecule has 1 aliphatic heterocycles. The number of hydrogen-bond donors (Lipinski definition) is 1. The summed E-state index contributed by atoms with van der Waals surface area (Å²) >= 11 is 1.39. The summed E-state index contributed by atoms with van der Waals surface area (Å²) in [5.41, 5.74) is 0.965. The van der Waals surface area contributed by atoms with E-state index in [1.807, 2.05) is 30.2 Å². The van der Waals surface area contributed by atoms with Gasteiger partial charge in [0.25, 0.3) is 11.8 Å². The molecule has 1 saturated heterocycles. The Balaban J connectivity index is 1.70. The lowest BCUT2D eigenvalue weighted by molar-refractivity contribution is -0.0370. The van der Waals surface area contributed by atoms with Crippen LogP contribution in [0.5, 0.6) is 0 Å². The predicted molar refractivity (Wildman–Crippen MR) is 94.6 cm³/mol. The summed E-state index contributed by atoms with van der Waals surface area (Å²) < 4.78 is 5.46. The monoisotopic (exact) mass is 344 g/mol. The highest BCUT2D eigenvalue weighted by Gasteiger charge is 2.34. The Morgan fingerprint density at radius 2 is 1.96 bits per heavy atom. The molecule has 0 radical (unpaired) electrons. The molecule has 126 valence electrons. The first-order chi connectivity index (χ1) is 11.5. The van der Waals surface area contributed by atoms with Gasteiger partial charge in [0.15, 0.2) is 0 Å². The zero-order valence-corrected chi connectivity index (χ0v) is 14.6. The molecule has 3 rings (SSSR count). The number of thiophene rings is 1. The Morgan fingerprint density at radius 1 is 1.21 bits per heavy atom. The molecule has 0 aliphatic carbocycles. The molecule has 0 unspecified atom stereocenters. The average molecular weight is 344 g/mol. The van der Waals surface area contributed by atoms with Crippen LogP contribution in [0.2, 0.25) is 0 Å². The van der Waals surface area contributed by atoms with Crippen molar-refractivity contribution >= 4 is 28.8 Å². The molecule has 1 aliphatic rings. The summed E-state index contributed by atoms with van der Waals surface area (Å²) in [5.74, 6) is -0.155. The van der Waals surface area contributed by atoms with Gasteiger partial charge in [0.05, 0.1) is 23.6 Å². The van der Waals surface area contributed by atoms with E-state index in [4.69, 9.17) is 4.74 Å². The zero-order chi connectivity index (χ0) is 17.2. The van der Waals surface area contributed by atoms with Crippen LogP contribution in [0.4, 0.5) is 5.69 Å². The van der Waals surface area contributed by atoms with Gasteiger partial charge in [0.1, 0.15) is 0 Å². The van der Waals surface area contributed by atoms with E-state index in [1.165, 1.54) is 11.3 Å². The maximum absolute atomic E-state index is 12.7. The van der Waals surface area contributed by atoms with Crippen LogP contribution in [0.15, 0.2) is 41.8 Å². The topological polar surface area (TPSA) is 58.6 Å². The quantitative estimate of drug-likeness (QED) is 0.930. The minimum atomic E-state index is -0.318. The molecule has 1 aromatic heterocycles. The van der Waals surface area contributed by atoms with Gasteiger partial charge in [-0.25, -0.2) is 0 Å². The van der Waals surface area contributed by atoms with Gasteiger partial charge in [-0.15, -0.1) is 11.3 Å². The van der Waals surface area contributed by atoms with Gasteiger partial charge in [-0.2, -0.15) is 0 Å². The molecule has 6 heteroatoms. The van der Waals surface area contributed by atoms with Crippen molar-refractivity contribution in [2.24, 2.45) is 0 Å². The van der Waals surface area contributed by atoms with Crippen LogP contribution in [0.25, 0.3) is 0 Å². The summed E-state index contributed by atoms with van der Waals surface area (Å²) in [6.07, 6.45) is 0. The number of rotatable bonds is 3. The molecule has 2 heterocycles. The van der Waals surface area contributed by atoms with Crippen LogP contribution >= 0.6 is 11.3 Å². The van der Waals surface area contributed by atoms with E-state index in [2.05, 4.69) is 5.32 Å². The van der Waals surface area contributed by atoms with Crippen molar-refractivity contribution in [3.63, 3.8) is 0 Å². The Hall–Kier alpha value is -2.18. The van der Waals surface area contributed by atoms with E-state index in [0.717, 1.165) is 0 Å². The molecule has 0 spiro atoms. The summed E-state index contributed by atoms with van der Waals surface area (Å²) in [7, 11) is 0. The van der Waals surface area contributed by atoms with Crippen molar-refractivity contribution < 1.29 is 14.3 Å². The van der Waals surface area contributed by atoms with E-state index < -0.39 is 0 Å². The number of nitrogens with zero attached hydrogens (tertiary/aromatic N) is 1. The van der Waals surface area contributed by atoms with Crippen molar-refractivity contribution in [1.82, 2.24) is 4.90 Å². The summed E-state index contributed by atoms with van der Waals surface area (Å²) in [6.45, 7) is 5.68. The van der Waals surface area contributed by atoms with E-state index >= 15 is 0 Å². The smallest absolute Gasteiger partial charge is 0.265 e. The highest BCUT2D eigenvalue weighted by atomic mass is 32.1. The fourth-order valence-corrected chi connectivity index (χ4v) is 3.31. The Morgan fingerprint density at radius 3 is 2.58 bits per heavy atom. The van der Waals surface area contributed by atoms with Gasteiger partial charge in [-0.05, 0) is 49.6 Å². The number of nitrogens with one attached hydrogen (secondary N) is 1. The number of anilines is 1. The van der Waals surface area contributed by atoms with Crippen molar-refractivity contribution in [3.05, 3.63) is 52.2 Å². The molecular formula is C18H20N2O3S. The van der Waals surface area contributed by atoms with E-state index in [0.29, 0.717) is 35.9 Å². The lowest BCUT2D eigenvalue weighted by Crippen LogP contribution is -2.55. The number of morpholine rings is 1. The third-order valence-corrected chi connectivity index (χ3v) is 4.89. The third kappa shape index (κ3) is 3.49. The molecule has 2 aromatic rings. The molecule has 1 aromatic carbocycles. The van der Waals surface area contributed by atoms with Crippen LogP contribution in [0.1, 0.15) is 33.9 Å². The van der Waals surface area contributed by atoms with Gasteiger partial charge < -0.3 is 15.0 Å². The number of ether oxygens (including phenoxy) is 1. The second kappa shape index (κ2) is 6.75. The molecular weight excluding hydrogens is 324 g/mol. The van der Waals surface area contributed by atoms with Crippen LogP contribution < -0.4 is 5.32 Å². The number of carbonyl (C=O) groups is 2. The third-order valence-electron chi connectivity index (χ3n) is 4.03. The molecule has 0 bridgehead atoms. The fourth-order valence-electron chi connectivity index (χ4n) is 2.69. The Labute approximate surface area is 145 Å². The first kappa shape index (κ1) is 16.7. The molecule has 0 saturated carbocycles. The number of benzene rings is 1. The number of carbonyl (C=O) groups excluding carboxylic acids is 2. The minimum absolute atomic E-state index is 0.0144.